The Hall–Kier alpha value is -0.570. The molecule has 2 rings (SSSR count). The Kier molecular flexibility index (Phi) is 3.62. The number of aliphatic hydroxyl groups excluding tert-OH is 1. The summed E-state index contributed by atoms with van der Waals surface area (Å²) in [6.45, 7) is 1.02. The van der Waals surface area contributed by atoms with E-state index in [1.807, 2.05) is 24.3 Å². The molecule has 0 aliphatic carbocycles. The van der Waals surface area contributed by atoms with E-state index in [1.54, 1.807) is 0 Å². The highest BCUT2D eigenvalue weighted by molar-refractivity contribution is 6.31. The molecule has 0 saturated carbocycles. The van der Waals surface area contributed by atoms with Crippen molar-refractivity contribution in [3.8, 4) is 0 Å². The first-order chi connectivity index (χ1) is 7.27. The van der Waals surface area contributed by atoms with Gasteiger partial charge in [0.15, 0.2) is 0 Å². The SMILES string of the molecule is OC(Cc1ccccc1Cl)C1CCCN1. The van der Waals surface area contributed by atoms with Gasteiger partial charge in [0.1, 0.15) is 0 Å². The van der Waals surface area contributed by atoms with Crippen molar-refractivity contribution in [3.05, 3.63) is 34.9 Å². The highest BCUT2D eigenvalue weighted by Gasteiger charge is 2.22. The molecule has 2 unspecified atom stereocenters. The largest absolute Gasteiger partial charge is 0.391 e. The van der Waals surface area contributed by atoms with Crippen LogP contribution in [0.25, 0.3) is 0 Å². The van der Waals surface area contributed by atoms with Gasteiger partial charge in [-0.15, -0.1) is 0 Å². The fourth-order valence-corrected chi connectivity index (χ4v) is 2.28. The van der Waals surface area contributed by atoms with Crippen molar-refractivity contribution >= 4 is 11.6 Å². The molecule has 1 aliphatic rings. The van der Waals surface area contributed by atoms with Gasteiger partial charge in [-0.2, -0.15) is 0 Å². The molecule has 2 nitrogen and oxygen atoms in total. The topological polar surface area (TPSA) is 32.3 Å². The Labute approximate surface area is 95.3 Å². The number of hydrogen-bond acceptors (Lipinski definition) is 2. The molecule has 1 saturated heterocycles. The minimum Gasteiger partial charge on any atom is -0.391 e. The molecule has 0 aromatic heterocycles. The monoisotopic (exact) mass is 225 g/mol. The van der Waals surface area contributed by atoms with Gasteiger partial charge >= 0.3 is 0 Å². The highest BCUT2D eigenvalue weighted by atomic mass is 35.5. The molecular formula is C12H16ClNO. The van der Waals surface area contributed by atoms with Crippen LogP contribution in [-0.4, -0.2) is 23.8 Å². The number of aliphatic hydroxyl groups is 1. The summed E-state index contributed by atoms with van der Waals surface area (Å²) in [6, 6.07) is 7.94. The summed E-state index contributed by atoms with van der Waals surface area (Å²) in [5.41, 5.74) is 1.03. The van der Waals surface area contributed by atoms with Crippen LogP contribution < -0.4 is 5.32 Å². The van der Waals surface area contributed by atoms with Crippen molar-refractivity contribution in [3.63, 3.8) is 0 Å². The minimum absolute atomic E-state index is 0.237. The predicted octanol–water partition coefficient (Wildman–Crippen LogP) is 2.00. The summed E-state index contributed by atoms with van der Waals surface area (Å²) in [5, 5.41) is 14.1. The van der Waals surface area contributed by atoms with E-state index in [2.05, 4.69) is 5.32 Å². The molecule has 1 aromatic rings. The maximum absolute atomic E-state index is 10.0. The van der Waals surface area contributed by atoms with Crippen molar-refractivity contribution < 1.29 is 5.11 Å². The average molecular weight is 226 g/mol. The minimum atomic E-state index is -0.326. The Bertz CT molecular complexity index is 323. The lowest BCUT2D eigenvalue weighted by Crippen LogP contribution is -2.36. The van der Waals surface area contributed by atoms with Crippen molar-refractivity contribution in [2.45, 2.75) is 31.4 Å². The number of rotatable bonds is 3. The van der Waals surface area contributed by atoms with Gasteiger partial charge in [0.2, 0.25) is 0 Å². The summed E-state index contributed by atoms with van der Waals surface area (Å²) in [5.74, 6) is 0. The standard InChI is InChI=1S/C12H16ClNO/c13-10-5-2-1-4-9(10)8-12(15)11-6-3-7-14-11/h1-2,4-5,11-12,14-15H,3,6-8H2. The smallest absolute Gasteiger partial charge is 0.0733 e. The predicted molar refractivity (Wildman–Crippen MR) is 62.2 cm³/mol. The van der Waals surface area contributed by atoms with E-state index >= 15 is 0 Å². The second-order valence-electron chi connectivity index (χ2n) is 4.07. The maximum Gasteiger partial charge on any atom is 0.0733 e. The molecule has 2 atom stereocenters. The lowest BCUT2D eigenvalue weighted by atomic mass is 10.0. The summed E-state index contributed by atoms with van der Waals surface area (Å²) in [7, 11) is 0. The molecule has 82 valence electrons. The van der Waals surface area contributed by atoms with Crippen LogP contribution in [0.1, 0.15) is 18.4 Å². The van der Waals surface area contributed by atoms with Crippen molar-refractivity contribution in [2.24, 2.45) is 0 Å². The van der Waals surface area contributed by atoms with Gasteiger partial charge in [-0.1, -0.05) is 29.8 Å². The van der Waals surface area contributed by atoms with Crippen LogP contribution in [0.15, 0.2) is 24.3 Å². The normalized spacial score (nSPS) is 22.9. The third kappa shape index (κ3) is 2.71. The summed E-state index contributed by atoms with van der Waals surface area (Å²) >= 11 is 6.04. The zero-order valence-corrected chi connectivity index (χ0v) is 9.37. The van der Waals surface area contributed by atoms with Gasteiger partial charge in [0.05, 0.1) is 6.10 Å². The number of nitrogens with one attached hydrogen (secondary N) is 1. The molecule has 0 bridgehead atoms. The molecule has 1 fully saturated rings. The van der Waals surface area contributed by atoms with E-state index in [1.165, 1.54) is 0 Å². The third-order valence-electron chi connectivity index (χ3n) is 2.95. The van der Waals surface area contributed by atoms with E-state index in [4.69, 9.17) is 11.6 Å². The van der Waals surface area contributed by atoms with Crippen LogP contribution in [0.5, 0.6) is 0 Å². The van der Waals surface area contributed by atoms with Gasteiger partial charge in [-0.3, -0.25) is 0 Å². The van der Waals surface area contributed by atoms with Crippen molar-refractivity contribution in [2.75, 3.05) is 6.54 Å². The quantitative estimate of drug-likeness (QED) is 0.825. The second-order valence-corrected chi connectivity index (χ2v) is 4.47. The van der Waals surface area contributed by atoms with Crippen LogP contribution in [0, 0.1) is 0 Å². The Morgan fingerprint density at radius 1 is 1.47 bits per heavy atom. The first-order valence-electron chi connectivity index (χ1n) is 5.42. The van der Waals surface area contributed by atoms with Crippen molar-refractivity contribution in [1.82, 2.24) is 5.32 Å². The Morgan fingerprint density at radius 2 is 2.27 bits per heavy atom. The van der Waals surface area contributed by atoms with Crippen molar-refractivity contribution in [1.29, 1.82) is 0 Å². The summed E-state index contributed by atoms with van der Waals surface area (Å²) in [6.07, 6.45) is 2.53. The van der Waals surface area contributed by atoms with E-state index in [9.17, 15) is 5.11 Å². The van der Waals surface area contributed by atoms with Crippen LogP contribution in [0.3, 0.4) is 0 Å². The number of hydrogen-bond donors (Lipinski definition) is 2. The lowest BCUT2D eigenvalue weighted by molar-refractivity contribution is 0.136. The van der Waals surface area contributed by atoms with E-state index < -0.39 is 0 Å². The molecule has 3 heteroatoms. The molecule has 1 aliphatic heterocycles. The first kappa shape index (κ1) is 10.9. The zero-order valence-electron chi connectivity index (χ0n) is 8.62. The van der Waals surface area contributed by atoms with Crippen LogP contribution >= 0.6 is 11.6 Å². The molecule has 15 heavy (non-hydrogen) atoms. The summed E-state index contributed by atoms with van der Waals surface area (Å²) in [4.78, 5) is 0. The second kappa shape index (κ2) is 4.97. The average Bonchev–Trinajstić information content (AvgIpc) is 2.74. The van der Waals surface area contributed by atoms with Gasteiger partial charge in [0.25, 0.3) is 0 Å². The first-order valence-corrected chi connectivity index (χ1v) is 5.80. The van der Waals surface area contributed by atoms with Crippen LogP contribution in [0.4, 0.5) is 0 Å². The molecule has 1 heterocycles. The van der Waals surface area contributed by atoms with Gasteiger partial charge in [-0.25, -0.2) is 0 Å². The number of halogens is 1. The summed E-state index contributed by atoms with van der Waals surface area (Å²) < 4.78 is 0. The van der Waals surface area contributed by atoms with Crippen LogP contribution in [0.2, 0.25) is 5.02 Å². The zero-order chi connectivity index (χ0) is 10.7. The van der Waals surface area contributed by atoms with E-state index in [-0.39, 0.29) is 12.1 Å². The fourth-order valence-electron chi connectivity index (χ4n) is 2.07. The highest BCUT2D eigenvalue weighted by Crippen LogP contribution is 2.19. The van der Waals surface area contributed by atoms with Crippen LogP contribution in [-0.2, 0) is 6.42 Å². The molecule has 2 N–H and O–H groups in total. The third-order valence-corrected chi connectivity index (χ3v) is 3.32. The molecular weight excluding hydrogens is 210 g/mol. The van der Waals surface area contributed by atoms with Gasteiger partial charge in [0, 0.05) is 17.5 Å². The number of benzene rings is 1. The Morgan fingerprint density at radius 3 is 2.93 bits per heavy atom. The fraction of sp³-hybridized carbons (Fsp3) is 0.500. The van der Waals surface area contributed by atoms with Gasteiger partial charge < -0.3 is 10.4 Å². The van der Waals surface area contributed by atoms with E-state index in [0.717, 1.165) is 30.0 Å². The van der Waals surface area contributed by atoms with Gasteiger partial charge in [-0.05, 0) is 31.0 Å². The molecule has 0 radical (unpaired) electrons. The molecule has 0 amide bonds. The lowest BCUT2D eigenvalue weighted by Gasteiger charge is -2.18. The molecule has 1 aromatic carbocycles. The maximum atomic E-state index is 10.0. The Balaban J connectivity index is 1.99. The van der Waals surface area contributed by atoms with E-state index in [0.29, 0.717) is 6.42 Å². The molecule has 0 spiro atoms.